The summed E-state index contributed by atoms with van der Waals surface area (Å²) in [6, 6.07) is 5.71. The van der Waals surface area contributed by atoms with Crippen molar-refractivity contribution in [3.05, 3.63) is 28.6 Å². The Labute approximate surface area is 146 Å². The second-order valence-electron chi connectivity index (χ2n) is 6.92. The zero-order valence-corrected chi connectivity index (χ0v) is 14.8. The molecule has 1 heterocycles. The molecule has 2 atom stereocenters. The highest BCUT2D eigenvalue weighted by Crippen LogP contribution is 2.59. The number of aromatic amines is 1. The number of nitrogens with one attached hydrogen (secondary N) is 1. The minimum atomic E-state index is 0.0328. The zero-order chi connectivity index (χ0) is 16.9. The summed E-state index contributed by atoms with van der Waals surface area (Å²) in [5, 5.41) is 0. The molecule has 2 aliphatic carbocycles. The van der Waals surface area contributed by atoms with Crippen LogP contribution in [0.2, 0.25) is 0 Å². The van der Waals surface area contributed by atoms with E-state index >= 15 is 0 Å². The lowest BCUT2D eigenvalue weighted by atomic mass is 9.50. The molecule has 0 unspecified atom stereocenters. The Morgan fingerprint density at radius 3 is 2.96 bits per heavy atom. The SMILES string of the molecule is CCO[C@H]1C[C@@H](N(C)C(=O)c2ccc3[nH]c(=S)oc3c2)C12CCC2. The maximum atomic E-state index is 12.9. The van der Waals surface area contributed by atoms with Gasteiger partial charge in [0.25, 0.3) is 10.7 Å². The van der Waals surface area contributed by atoms with Gasteiger partial charge >= 0.3 is 0 Å². The lowest BCUT2D eigenvalue weighted by Gasteiger charge is -2.63. The summed E-state index contributed by atoms with van der Waals surface area (Å²) in [5.41, 5.74) is 2.25. The number of hydrogen-bond acceptors (Lipinski definition) is 4. The van der Waals surface area contributed by atoms with Crippen molar-refractivity contribution in [1.82, 2.24) is 9.88 Å². The predicted molar refractivity (Wildman–Crippen MR) is 93.6 cm³/mol. The lowest BCUT2D eigenvalue weighted by molar-refractivity contribution is -0.192. The van der Waals surface area contributed by atoms with Crippen molar-refractivity contribution in [2.24, 2.45) is 5.41 Å². The Morgan fingerprint density at radius 1 is 1.50 bits per heavy atom. The second-order valence-corrected chi connectivity index (χ2v) is 7.29. The average Bonchev–Trinajstić information content (AvgIpc) is 2.87. The molecule has 1 aromatic carbocycles. The van der Waals surface area contributed by atoms with E-state index in [4.69, 9.17) is 21.4 Å². The molecule has 1 N–H and O–H groups in total. The third kappa shape index (κ3) is 2.24. The molecule has 0 radical (unpaired) electrons. The minimum Gasteiger partial charge on any atom is -0.429 e. The molecule has 2 fully saturated rings. The molecule has 24 heavy (non-hydrogen) atoms. The van der Waals surface area contributed by atoms with Crippen LogP contribution in [-0.2, 0) is 4.74 Å². The van der Waals surface area contributed by atoms with E-state index in [1.165, 1.54) is 6.42 Å². The van der Waals surface area contributed by atoms with Gasteiger partial charge in [-0.2, -0.15) is 0 Å². The maximum Gasteiger partial charge on any atom is 0.266 e. The highest BCUT2D eigenvalue weighted by atomic mass is 32.1. The summed E-state index contributed by atoms with van der Waals surface area (Å²) < 4.78 is 11.3. The molecule has 0 saturated heterocycles. The van der Waals surface area contributed by atoms with Crippen molar-refractivity contribution in [1.29, 1.82) is 0 Å². The van der Waals surface area contributed by atoms with Gasteiger partial charge in [-0.05, 0) is 56.6 Å². The standard InChI is InChI=1S/C18H22N2O3S/c1-3-22-15-10-14(18(15)7-4-8-18)20(2)16(21)11-5-6-12-13(9-11)23-17(24)19-12/h5-6,9,14-15H,3-4,7-8,10H2,1-2H3,(H,19,24)/t14-,15+/m1/s1. The van der Waals surface area contributed by atoms with Crippen molar-refractivity contribution in [3.63, 3.8) is 0 Å². The first kappa shape index (κ1) is 15.8. The molecular weight excluding hydrogens is 324 g/mol. The molecule has 1 aromatic heterocycles. The molecule has 6 heteroatoms. The Kier molecular flexibility index (Phi) is 3.77. The highest BCUT2D eigenvalue weighted by Gasteiger charge is 2.60. The first-order valence-electron chi connectivity index (χ1n) is 8.57. The topological polar surface area (TPSA) is 58.5 Å². The third-order valence-corrected chi connectivity index (χ3v) is 6.04. The number of amides is 1. The molecule has 2 aromatic rings. The number of nitrogens with zero attached hydrogens (tertiary/aromatic N) is 1. The number of H-pyrrole nitrogens is 1. The molecule has 2 aliphatic rings. The number of oxazole rings is 1. The van der Waals surface area contributed by atoms with Crippen LogP contribution in [0.1, 0.15) is 43.0 Å². The fourth-order valence-electron chi connectivity index (χ4n) is 4.37. The number of carbonyl (C=O) groups excluding carboxylic acids is 1. The normalized spacial score (nSPS) is 24.6. The van der Waals surface area contributed by atoms with Gasteiger partial charge in [0.15, 0.2) is 5.58 Å². The zero-order valence-electron chi connectivity index (χ0n) is 14.0. The number of carbonyl (C=O) groups is 1. The van der Waals surface area contributed by atoms with Crippen LogP contribution >= 0.6 is 12.2 Å². The number of fused-ring (bicyclic) bond motifs is 1. The van der Waals surface area contributed by atoms with E-state index in [1.54, 1.807) is 6.07 Å². The van der Waals surface area contributed by atoms with Gasteiger partial charge in [-0.15, -0.1) is 0 Å². The monoisotopic (exact) mass is 346 g/mol. The molecule has 1 amide bonds. The number of hydrogen-bond donors (Lipinski definition) is 1. The van der Waals surface area contributed by atoms with Gasteiger partial charge in [0, 0.05) is 30.7 Å². The van der Waals surface area contributed by atoms with Crippen LogP contribution in [0.4, 0.5) is 0 Å². The molecule has 4 rings (SSSR count). The van der Waals surface area contributed by atoms with Crippen LogP contribution in [0.5, 0.6) is 0 Å². The molecule has 0 bridgehead atoms. The first-order chi connectivity index (χ1) is 11.5. The van der Waals surface area contributed by atoms with Crippen LogP contribution in [0, 0.1) is 10.3 Å². The van der Waals surface area contributed by atoms with Crippen molar-refractivity contribution < 1.29 is 13.9 Å². The van der Waals surface area contributed by atoms with Crippen LogP contribution in [-0.4, -0.2) is 41.6 Å². The van der Waals surface area contributed by atoms with Gasteiger partial charge in [0.1, 0.15) is 0 Å². The molecule has 5 nitrogen and oxygen atoms in total. The van der Waals surface area contributed by atoms with Gasteiger partial charge in [-0.3, -0.25) is 4.79 Å². The maximum absolute atomic E-state index is 12.9. The van der Waals surface area contributed by atoms with Crippen molar-refractivity contribution in [3.8, 4) is 0 Å². The predicted octanol–water partition coefficient (Wildman–Crippen LogP) is 3.91. The summed E-state index contributed by atoms with van der Waals surface area (Å²) in [6.07, 6.45) is 4.79. The van der Waals surface area contributed by atoms with Crippen molar-refractivity contribution in [2.75, 3.05) is 13.7 Å². The summed E-state index contributed by atoms with van der Waals surface area (Å²) in [5.74, 6) is 0.0328. The molecular formula is C18H22N2O3S. The van der Waals surface area contributed by atoms with Crippen molar-refractivity contribution >= 4 is 29.2 Å². The highest BCUT2D eigenvalue weighted by molar-refractivity contribution is 7.71. The number of benzene rings is 1. The second kappa shape index (κ2) is 5.70. The number of aromatic nitrogens is 1. The van der Waals surface area contributed by atoms with Crippen molar-refractivity contribution in [2.45, 2.75) is 44.8 Å². The third-order valence-electron chi connectivity index (χ3n) is 5.85. The van der Waals surface area contributed by atoms with E-state index in [9.17, 15) is 4.79 Å². The van der Waals surface area contributed by atoms with E-state index in [1.807, 2.05) is 31.0 Å². The van der Waals surface area contributed by atoms with Gasteiger partial charge in [-0.1, -0.05) is 6.42 Å². The number of ether oxygens (including phenoxy) is 1. The molecule has 128 valence electrons. The van der Waals surface area contributed by atoms with Crippen LogP contribution in [0.3, 0.4) is 0 Å². The van der Waals surface area contributed by atoms with E-state index in [0.29, 0.717) is 22.1 Å². The Hall–Kier alpha value is -1.66. The summed E-state index contributed by atoms with van der Waals surface area (Å²) in [7, 11) is 1.91. The Balaban J connectivity index is 1.56. The van der Waals surface area contributed by atoms with Gasteiger partial charge in [0.05, 0.1) is 11.6 Å². The van der Waals surface area contributed by atoms with Gasteiger partial charge < -0.3 is 19.0 Å². The van der Waals surface area contributed by atoms with Gasteiger partial charge in [0.2, 0.25) is 0 Å². The smallest absolute Gasteiger partial charge is 0.266 e. The Morgan fingerprint density at radius 2 is 2.29 bits per heavy atom. The molecule has 2 saturated carbocycles. The largest absolute Gasteiger partial charge is 0.429 e. The summed E-state index contributed by atoms with van der Waals surface area (Å²) in [6.45, 7) is 2.78. The van der Waals surface area contributed by atoms with Crippen LogP contribution < -0.4 is 0 Å². The summed E-state index contributed by atoms with van der Waals surface area (Å²) >= 11 is 5.00. The van der Waals surface area contributed by atoms with E-state index in [2.05, 4.69) is 4.98 Å². The Bertz CT molecular complexity index is 836. The van der Waals surface area contributed by atoms with Gasteiger partial charge in [-0.25, -0.2) is 0 Å². The lowest BCUT2D eigenvalue weighted by Crippen LogP contribution is -2.67. The summed E-state index contributed by atoms with van der Waals surface area (Å²) in [4.78, 5) is 18.1. The van der Waals surface area contributed by atoms with E-state index in [0.717, 1.165) is 31.4 Å². The molecule has 0 aliphatic heterocycles. The van der Waals surface area contributed by atoms with Crippen LogP contribution in [0.15, 0.2) is 22.6 Å². The van der Waals surface area contributed by atoms with E-state index < -0.39 is 0 Å². The fourth-order valence-corrected chi connectivity index (χ4v) is 4.57. The van der Waals surface area contributed by atoms with E-state index in [-0.39, 0.29) is 17.4 Å². The number of rotatable bonds is 4. The van der Waals surface area contributed by atoms with Crippen LogP contribution in [0.25, 0.3) is 11.1 Å². The first-order valence-corrected chi connectivity index (χ1v) is 8.97. The fraction of sp³-hybridized carbons (Fsp3) is 0.556. The average molecular weight is 346 g/mol. The quantitative estimate of drug-likeness (QED) is 0.853. The minimum absolute atomic E-state index is 0.0328. The molecule has 1 spiro atoms.